The van der Waals surface area contributed by atoms with Crippen molar-refractivity contribution in [2.75, 3.05) is 39.4 Å². The number of nitrogens with one attached hydrogen (secondary N) is 1. The highest BCUT2D eigenvalue weighted by atomic mass is 32.2. The topological polar surface area (TPSA) is 96.0 Å². The predicted molar refractivity (Wildman–Crippen MR) is 113 cm³/mol. The fourth-order valence-corrected chi connectivity index (χ4v) is 5.25. The molecule has 1 N–H and O–H groups in total. The van der Waals surface area contributed by atoms with Crippen LogP contribution in [0.5, 0.6) is 0 Å². The van der Waals surface area contributed by atoms with E-state index in [2.05, 4.69) is 5.32 Å². The Labute approximate surface area is 178 Å². The third kappa shape index (κ3) is 5.19. The number of piperidine rings is 1. The van der Waals surface area contributed by atoms with Gasteiger partial charge in [0.15, 0.2) is 0 Å². The summed E-state index contributed by atoms with van der Waals surface area (Å²) >= 11 is 0. The summed E-state index contributed by atoms with van der Waals surface area (Å²) in [5.74, 6) is -0.529. The highest BCUT2D eigenvalue weighted by Gasteiger charge is 2.38. The quantitative estimate of drug-likeness (QED) is 0.719. The standard InChI is InChI=1S/C21H31N3O5S/c1-16(2)30(27,28)24-10-8-17(9-11-24)19(21(26)23-12-14-29-15-13-23)22-20(25)18-6-4-3-5-7-18/h3-7,16-17,19H,8-15H2,1-2H3,(H,22,25). The Hall–Kier alpha value is -1.97. The molecule has 30 heavy (non-hydrogen) atoms. The van der Waals surface area contributed by atoms with Crippen molar-refractivity contribution in [3.8, 4) is 0 Å². The van der Waals surface area contributed by atoms with Gasteiger partial charge in [0.25, 0.3) is 5.91 Å². The number of sulfonamides is 1. The molecular weight excluding hydrogens is 406 g/mol. The van der Waals surface area contributed by atoms with Gasteiger partial charge in [-0.25, -0.2) is 12.7 Å². The Morgan fingerprint density at radius 2 is 1.63 bits per heavy atom. The molecule has 1 atom stereocenters. The highest BCUT2D eigenvalue weighted by molar-refractivity contribution is 7.89. The second-order valence-corrected chi connectivity index (χ2v) is 10.6. The van der Waals surface area contributed by atoms with Crippen LogP contribution in [0.1, 0.15) is 37.0 Å². The normalized spacial score (nSPS) is 20.2. The first kappa shape index (κ1) is 22.7. The summed E-state index contributed by atoms with van der Waals surface area (Å²) < 4.78 is 31.8. The molecule has 166 valence electrons. The van der Waals surface area contributed by atoms with Crippen LogP contribution in [0.15, 0.2) is 30.3 Å². The molecule has 2 amide bonds. The number of benzene rings is 1. The lowest BCUT2D eigenvalue weighted by Crippen LogP contribution is -2.56. The van der Waals surface area contributed by atoms with Gasteiger partial charge in [-0.2, -0.15) is 0 Å². The molecule has 2 fully saturated rings. The van der Waals surface area contributed by atoms with Gasteiger partial charge in [-0.3, -0.25) is 9.59 Å². The van der Waals surface area contributed by atoms with E-state index >= 15 is 0 Å². The van der Waals surface area contributed by atoms with Gasteiger partial charge < -0.3 is 15.0 Å². The van der Waals surface area contributed by atoms with Crippen molar-refractivity contribution < 1.29 is 22.7 Å². The summed E-state index contributed by atoms with van der Waals surface area (Å²) in [6, 6.07) is 8.14. The average molecular weight is 438 g/mol. The molecule has 0 spiro atoms. The summed E-state index contributed by atoms with van der Waals surface area (Å²) in [6.07, 6.45) is 1.06. The minimum Gasteiger partial charge on any atom is -0.378 e. The molecule has 0 radical (unpaired) electrons. The third-order valence-corrected chi connectivity index (χ3v) is 8.11. The molecule has 2 aliphatic heterocycles. The lowest BCUT2D eigenvalue weighted by molar-refractivity contribution is -0.139. The van der Waals surface area contributed by atoms with Gasteiger partial charge >= 0.3 is 0 Å². The van der Waals surface area contributed by atoms with Gasteiger partial charge in [-0.1, -0.05) is 18.2 Å². The maximum atomic E-state index is 13.3. The molecule has 0 aromatic heterocycles. The van der Waals surface area contributed by atoms with Crippen molar-refractivity contribution in [2.24, 2.45) is 5.92 Å². The van der Waals surface area contributed by atoms with Gasteiger partial charge in [0.05, 0.1) is 18.5 Å². The first-order valence-electron chi connectivity index (χ1n) is 10.5. The van der Waals surface area contributed by atoms with Crippen LogP contribution >= 0.6 is 0 Å². The summed E-state index contributed by atoms with van der Waals surface area (Å²) in [6.45, 7) is 6.03. The Balaban J connectivity index is 1.74. The summed E-state index contributed by atoms with van der Waals surface area (Å²) in [5, 5.41) is 2.46. The molecule has 9 heteroatoms. The predicted octanol–water partition coefficient (Wildman–Crippen LogP) is 1.09. The SMILES string of the molecule is CC(C)S(=O)(=O)N1CCC(C(NC(=O)c2ccccc2)C(=O)N2CCOCC2)CC1. The van der Waals surface area contributed by atoms with Crippen LogP contribution in [0.4, 0.5) is 0 Å². The number of amides is 2. The highest BCUT2D eigenvalue weighted by Crippen LogP contribution is 2.26. The minimum absolute atomic E-state index is 0.118. The van der Waals surface area contributed by atoms with Crippen LogP contribution in [-0.2, 0) is 19.6 Å². The molecule has 2 aliphatic rings. The van der Waals surface area contributed by atoms with Crippen LogP contribution in [0, 0.1) is 5.92 Å². The van der Waals surface area contributed by atoms with Crippen molar-refractivity contribution in [3.63, 3.8) is 0 Å². The molecule has 1 aromatic carbocycles. The number of rotatable bonds is 6. The summed E-state index contributed by atoms with van der Waals surface area (Å²) in [4.78, 5) is 27.8. The molecule has 8 nitrogen and oxygen atoms in total. The third-order valence-electron chi connectivity index (χ3n) is 5.84. The van der Waals surface area contributed by atoms with Gasteiger partial charge in [0.1, 0.15) is 6.04 Å². The largest absolute Gasteiger partial charge is 0.378 e. The lowest BCUT2D eigenvalue weighted by atomic mass is 9.89. The van der Waals surface area contributed by atoms with Crippen molar-refractivity contribution in [3.05, 3.63) is 35.9 Å². The number of ether oxygens (including phenoxy) is 1. The van der Waals surface area contributed by atoms with Crippen LogP contribution in [0.3, 0.4) is 0 Å². The number of hydrogen-bond acceptors (Lipinski definition) is 5. The molecule has 0 bridgehead atoms. The monoisotopic (exact) mass is 437 g/mol. The van der Waals surface area contributed by atoms with E-state index in [4.69, 9.17) is 4.74 Å². The minimum atomic E-state index is -3.32. The van der Waals surface area contributed by atoms with Crippen LogP contribution in [-0.4, -0.2) is 80.1 Å². The molecule has 2 heterocycles. The fourth-order valence-electron chi connectivity index (χ4n) is 3.94. The van der Waals surface area contributed by atoms with Gasteiger partial charge in [-0.05, 0) is 44.7 Å². The number of morpholine rings is 1. The summed E-state index contributed by atoms with van der Waals surface area (Å²) in [5.41, 5.74) is 0.497. The first-order valence-corrected chi connectivity index (χ1v) is 12.0. The zero-order valence-corrected chi connectivity index (χ0v) is 18.4. The van der Waals surface area contributed by atoms with Crippen LogP contribution in [0.2, 0.25) is 0 Å². The fraction of sp³-hybridized carbons (Fsp3) is 0.619. The number of carbonyl (C=O) groups excluding carboxylic acids is 2. The van der Waals surface area contributed by atoms with Gasteiger partial charge in [0.2, 0.25) is 15.9 Å². The van der Waals surface area contributed by atoms with Crippen molar-refractivity contribution in [1.82, 2.24) is 14.5 Å². The van der Waals surface area contributed by atoms with E-state index in [1.165, 1.54) is 4.31 Å². The van der Waals surface area contributed by atoms with E-state index in [0.717, 1.165) is 0 Å². The molecule has 1 aromatic rings. The lowest BCUT2D eigenvalue weighted by Gasteiger charge is -2.38. The van der Waals surface area contributed by atoms with E-state index in [1.807, 2.05) is 6.07 Å². The van der Waals surface area contributed by atoms with E-state index in [0.29, 0.717) is 57.8 Å². The van der Waals surface area contributed by atoms with Crippen molar-refractivity contribution >= 4 is 21.8 Å². The van der Waals surface area contributed by atoms with Crippen molar-refractivity contribution in [2.45, 2.75) is 38.0 Å². The molecule has 1 unspecified atom stereocenters. The second kappa shape index (κ2) is 9.89. The van der Waals surface area contributed by atoms with Gasteiger partial charge in [-0.15, -0.1) is 0 Å². The van der Waals surface area contributed by atoms with Crippen molar-refractivity contribution in [1.29, 1.82) is 0 Å². The number of hydrogen-bond donors (Lipinski definition) is 1. The van der Waals surface area contributed by atoms with E-state index in [1.54, 1.807) is 43.0 Å². The summed E-state index contributed by atoms with van der Waals surface area (Å²) in [7, 11) is -3.32. The molecular formula is C21H31N3O5S. The molecule has 0 saturated carbocycles. The zero-order chi connectivity index (χ0) is 21.7. The maximum Gasteiger partial charge on any atom is 0.251 e. The Bertz CT molecular complexity index is 829. The molecule has 3 rings (SSSR count). The van der Waals surface area contributed by atoms with Gasteiger partial charge in [0, 0.05) is 31.7 Å². The van der Waals surface area contributed by atoms with Crippen LogP contribution in [0.25, 0.3) is 0 Å². The Morgan fingerprint density at radius 3 is 2.20 bits per heavy atom. The van der Waals surface area contributed by atoms with E-state index in [-0.39, 0.29) is 17.7 Å². The maximum absolute atomic E-state index is 13.3. The van der Waals surface area contributed by atoms with E-state index in [9.17, 15) is 18.0 Å². The Morgan fingerprint density at radius 1 is 1.03 bits per heavy atom. The Kier molecular flexibility index (Phi) is 7.49. The molecule has 2 saturated heterocycles. The second-order valence-electron chi connectivity index (χ2n) is 8.08. The number of carbonyl (C=O) groups is 2. The van der Waals surface area contributed by atoms with E-state index < -0.39 is 21.3 Å². The smallest absolute Gasteiger partial charge is 0.251 e. The number of nitrogens with zero attached hydrogens (tertiary/aromatic N) is 2. The zero-order valence-electron chi connectivity index (χ0n) is 17.6. The average Bonchev–Trinajstić information content (AvgIpc) is 2.78. The molecule has 0 aliphatic carbocycles. The first-order chi connectivity index (χ1) is 14.3. The van der Waals surface area contributed by atoms with Crippen LogP contribution < -0.4 is 5.32 Å².